The molecule has 1 heterocycles. The molecule has 0 aromatic carbocycles. The zero-order valence-electron chi connectivity index (χ0n) is 11.5. The summed E-state index contributed by atoms with van der Waals surface area (Å²) in [6.45, 7) is 3.42. The van der Waals surface area contributed by atoms with E-state index in [0.717, 1.165) is 25.8 Å². The molecular formula is C14H27N3O. The van der Waals surface area contributed by atoms with Gasteiger partial charge in [0, 0.05) is 12.1 Å². The number of carbonyl (C=O) groups is 1. The van der Waals surface area contributed by atoms with Crippen LogP contribution in [0.3, 0.4) is 0 Å². The second kappa shape index (κ2) is 5.57. The Bertz CT molecular complexity index is 307. The first kappa shape index (κ1) is 13.8. The van der Waals surface area contributed by atoms with Crippen LogP contribution >= 0.6 is 0 Å². The molecular weight excluding hydrogens is 226 g/mol. The molecule has 2 fully saturated rings. The van der Waals surface area contributed by atoms with E-state index >= 15 is 0 Å². The van der Waals surface area contributed by atoms with E-state index < -0.39 is 5.54 Å². The van der Waals surface area contributed by atoms with Crippen LogP contribution < -0.4 is 11.5 Å². The van der Waals surface area contributed by atoms with Crippen molar-refractivity contribution < 1.29 is 4.79 Å². The molecule has 1 saturated heterocycles. The van der Waals surface area contributed by atoms with Crippen molar-refractivity contribution in [3.05, 3.63) is 0 Å². The largest absolute Gasteiger partial charge is 0.368 e. The van der Waals surface area contributed by atoms with Crippen molar-refractivity contribution in [2.75, 3.05) is 6.54 Å². The van der Waals surface area contributed by atoms with Gasteiger partial charge in [0.25, 0.3) is 0 Å². The average molecular weight is 253 g/mol. The van der Waals surface area contributed by atoms with E-state index in [-0.39, 0.29) is 5.91 Å². The number of carbonyl (C=O) groups excluding carboxylic acids is 1. The maximum atomic E-state index is 11.5. The molecule has 4 heteroatoms. The summed E-state index contributed by atoms with van der Waals surface area (Å²) in [5.74, 6) is -0.322. The van der Waals surface area contributed by atoms with Crippen molar-refractivity contribution in [2.24, 2.45) is 11.5 Å². The quantitative estimate of drug-likeness (QED) is 0.798. The van der Waals surface area contributed by atoms with E-state index in [1.165, 1.54) is 32.1 Å². The fourth-order valence-corrected chi connectivity index (χ4v) is 3.73. The Hall–Kier alpha value is -0.610. The summed E-state index contributed by atoms with van der Waals surface area (Å²) in [6.07, 6.45) is 8.81. The SMILES string of the molecule is CCC1CCCCN1C1CCCC(N)(C(N)=O)C1. The molecule has 3 unspecified atom stereocenters. The molecule has 0 spiro atoms. The van der Waals surface area contributed by atoms with Gasteiger partial charge in [-0.25, -0.2) is 0 Å². The number of nitrogens with two attached hydrogens (primary N) is 2. The number of rotatable bonds is 3. The lowest BCUT2D eigenvalue weighted by Crippen LogP contribution is -2.59. The summed E-state index contributed by atoms with van der Waals surface area (Å²) in [6, 6.07) is 1.14. The van der Waals surface area contributed by atoms with Gasteiger partial charge in [-0.05, 0) is 51.5 Å². The van der Waals surface area contributed by atoms with Crippen LogP contribution in [0, 0.1) is 0 Å². The van der Waals surface area contributed by atoms with E-state index in [1.807, 2.05) is 0 Å². The van der Waals surface area contributed by atoms with Gasteiger partial charge in [-0.2, -0.15) is 0 Å². The molecule has 18 heavy (non-hydrogen) atoms. The first-order valence-electron chi connectivity index (χ1n) is 7.41. The van der Waals surface area contributed by atoms with E-state index in [0.29, 0.717) is 12.1 Å². The molecule has 4 N–H and O–H groups in total. The monoisotopic (exact) mass is 253 g/mol. The Morgan fingerprint density at radius 3 is 2.78 bits per heavy atom. The van der Waals surface area contributed by atoms with E-state index in [1.54, 1.807) is 0 Å². The first-order chi connectivity index (χ1) is 8.57. The lowest BCUT2D eigenvalue weighted by molar-refractivity contribution is -0.125. The zero-order chi connectivity index (χ0) is 13.2. The average Bonchev–Trinajstić information content (AvgIpc) is 2.38. The maximum absolute atomic E-state index is 11.5. The molecule has 1 amide bonds. The predicted octanol–water partition coefficient (Wildman–Crippen LogP) is 1.38. The summed E-state index contributed by atoms with van der Waals surface area (Å²) in [5.41, 5.74) is 10.9. The van der Waals surface area contributed by atoms with Crippen molar-refractivity contribution in [3.8, 4) is 0 Å². The summed E-state index contributed by atoms with van der Waals surface area (Å²) in [7, 11) is 0. The van der Waals surface area contributed by atoms with Crippen LogP contribution in [0.5, 0.6) is 0 Å². The normalized spacial score (nSPS) is 38.6. The standard InChI is InChI=1S/C14H27N3O/c1-2-11-6-3-4-9-17(11)12-7-5-8-14(16,10-12)13(15)18/h11-12H,2-10,16H2,1H3,(H2,15,18). The molecule has 1 aliphatic heterocycles. The van der Waals surface area contributed by atoms with Crippen molar-refractivity contribution in [2.45, 2.75) is 75.9 Å². The van der Waals surface area contributed by atoms with Gasteiger partial charge in [0.05, 0.1) is 5.54 Å². The Morgan fingerprint density at radius 2 is 2.11 bits per heavy atom. The highest BCUT2D eigenvalue weighted by Gasteiger charge is 2.41. The second-order valence-corrected chi connectivity index (χ2v) is 6.07. The Morgan fingerprint density at radius 1 is 1.33 bits per heavy atom. The van der Waals surface area contributed by atoms with Crippen LogP contribution in [-0.2, 0) is 4.79 Å². The molecule has 104 valence electrons. The molecule has 2 aliphatic rings. The van der Waals surface area contributed by atoms with Crippen LogP contribution in [0.4, 0.5) is 0 Å². The number of piperidine rings is 1. The molecule has 0 bridgehead atoms. The van der Waals surface area contributed by atoms with Gasteiger partial charge in [0.1, 0.15) is 0 Å². The van der Waals surface area contributed by atoms with Crippen molar-refractivity contribution >= 4 is 5.91 Å². The molecule has 4 nitrogen and oxygen atoms in total. The molecule has 1 saturated carbocycles. The lowest BCUT2D eigenvalue weighted by Gasteiger charge is -2.46. The molecule has 0 aromatic rings. The van der Waals surface area contributed by atoms with Crippen LogP contribution in [0.15, 0.2) is 0 Å². The van der Waals surface area contributed by atoms with Gasteiger partial charge in [0.15, 0.2) is 0 Å². The van der Waals surface area contributed by atoms with Gasteiger partial charge in [-0.1, -0.05) is 13.3 Å². The second-order valence-electron chi connectivity index (χ2n) is 6.07. The lowest BCUT2D eigenvalue weighted by atomic mass is 9.77. The predicted molar refractivity (Wildman–Crippen MR) is 73.0 cm³/mol. The molecule has 2 rings (SSSR count). The fraction of sp³-hybridized carbons (Fsp3) is 0.929. The summed E-state index contributed by atoms with van der Waals surface area (Å²) >= 11 is 0. The first-order valence-corrected chi connectivity index (χ1v) is 7.41. The molecule has 3 atom stereocenters. The third-order valence-corrected chi connectivity index (χ3v) is 4.86. The van der Waals surface area contributed by atoms with Gasteiger partial charge < -0.3 is 11.5 Å². The number of nitrogens with zero attached hydrogens (tertiary/aromatic N) is 1. The van der Waals surface area contributed by atoms with Gasteiger partial charge in [-0.15, -0.1) is 0 Å². The minimum Gasteiger partial charge on any atom is -0.368 e. The smallest absolute Gasteiger partial charge is 0.237 e. The van der Waals surface area contributed by atoms with Crippen molar-refractivity contribution in [3.63, 3.8) is 0 Å². The summed E-state index contributed by atoms with van der Waals surface area (Å²) < 4.78 is 0. The highest BCUT2D eigenvalue weighted by Crippen LogP contribution is 2.33. The van der Waals surface area contributed by atoms with Crippen molar-refractivity contribution in [1.29, 1.82) is 0 Å². The Balaban J connectivity index is 2.05. The number of likely N-dealkylation sites (tertiary alicyclic amines) is 1. The van der Waals surface area contributed by atoms with E-state index in [2.05, 4.69) is 11.8 Å². The molecule has 0 aromatic heterocycles. The number of amides is 1. The summed E-state index contributed by atoms with van der Waals surface area (Å²) in [4.78, 5) is 14.1. The zero-order valence-corrected chi connectivity index (χ0v) is 11.5. The van der Waals surface area contributed by atoms with Crippen LogP contribution in [0.2, 0.25) is 0 Å². The fourth-order valence-electron chi connectivity index (χ4n) is 3.73. The van der Waals surface area contributed by atoms with Crippen LogP contribution in [0.25, 0.3) is 0 Å². The van der Waals surface area contributed by atoms with Gasteiger partial charge >= 0.3 is 0 Å². The minimum atomic E-state index is -0.765. The Kier molecular flexibility index (Phi) is 4.28. The van der Waals surface area contributed by atoms with Crippen molar-refractivity contribution in [1.82, 2.24) is 4.90 Å². The molecule has 1 aliphatic carbocycles. The highest BCUT2D eigenvalue weighted by molar-refractivity contribution is 5.84. The molecule has 0 radical (unpaired) electrons. The highest BCUT2D eigenvalue weighted by atomic mass is 16.1. The maximum Gasteiger partial charge on any atom is 0.237 e. The minimum absolute atomic E-state index is 0.322. The van der Waals surface area contributed by atoms with Gasteiger partial charge in [-0.3, -0.25) is 9.69 Å². The number of primary amides is 1. The number of hydrogen-bond donors (Lipinski definition) is 2. The topological polar surface area (TPSA) is 72.3 Å². The van der Waals surface area contributed by atoms with Gasteiger partial charge in [0.2, 0.25) is 5.91 Å². The van der Waals surface area contributed by atoms with E-state index in [4.69, 9.17) is 11.5 Å². The van der Waals surface area contributed by atoms with E-state index in [9.17, 15) is 4.79 Å². The summed E-state index contributed by atoms with van der Waals surface area (Å²) in [5, 5.41) is 0. The van der Waals surface area contributed by atoms with Crippen LogP contribution in [-0.4, -0.2) is 35.0 Å². The Labute approximate surface area is 110 Å². The number of hydrogen-bond acceptors (Lipinski definition) is 3. The third kappa shape index (κ3) is 2.69. The third-order valence-electron chi connectivity index (χ3n) is 4.86. The van der Waals surface area contributed by atoms with Crippen LogP contribution in [0.1, 0.15) is 58.3 Å².